The first kappa shape index (κ1) is 35.4. The molecule has 0 aliphatic carbocycles. The fourth-order valence-corrected chi connectivity index (χ4v) is 5.76. The van der Waals surface area contributed by atoms with E-state index in [2.05, 4.69) is 15.7 Å². The average molecular weight is 563 g/mol. The van der Waals surface area contributed by atoms with Gasteiger partial charge in [0.25, 0.3) is 0 Å². The molecule has 0 spiro atoms. The van der Waals surface area contributed by atoms with Crippen molar-refractivity contribution >= 4 is 50.1 Å². The molecule has 0 amide bonds. The molecule has 195 valence electrons. The predicted molar refractivity (Wildman–Crippen MR) is 145 cm³/mol. The maximum absolute atomic E-state index is 11.5. The summed E-state index contributed by atoms with van der Waals surface area (Å²) < 4.78 is 7.94. The number of hydrogen-bond donors (Lipinski definition) is 1. The summed E-state index contributed by atoms with van der Waals surface area (Å²) in [6, 6.07) is 39.4. The van der Waals surface area contributed by atoms with Crippen LogP contribution in [0.4, 0.5) is 0 Å². The van der Waals surface area contributed by atoms with Crippen molar-refractivity contribution in [3.8, 4) is 0 Å². The Morgan fingerprint density at radius 1 is 0.541 bits per heavy atom. The zero-order chi connectivity index (χ0) is 28.4. The Morgan fingerprint density at radius 2 is 0.784 bits per heavy atom. The van der Waals surface area contributed by atoms with Crippen LogP contribution in [0.15, 0.2) is 121 Å². The van der Waals surface area contributed by atoms with Gasteiger partial charge in [-0.3, -0.25) is 6.29 Å². The molecule has 0 fully saturated rings. The molecular formula is C29H29CoO6P. The molecule has 1 N–H and O–H groups in total. The first-order valence-corrected chi connectivity index (χ1v) is 12.6. The molecule has 0 radical (unpaired) electrons. The van der Waals surface area contributed by atoms with E-state index in [9.17, 15) is 9.69 Å². The van der Waals surface area contributed by atoms with Gasteiger partial charge in [0.1, 0.15) is 36.3 Å². The minimum absolute atomic E-state index is 0.404. The summed E-state index contributed by atoms with van der Waals surface area (Å²) in [6.45, 7) is 6.00. The quantitative estimate of drug-likeness (QED) is 0.294. The third kappa shape index (κ3) is 12.2. The summed E-state index contributed by atoms with van der Waals surface area (Å²) in [5, 5.41) is 2.95. The van der Waals surface area contributed by atoms with Crippen LogP contribution >= 0.6 is 7.49 Å². The fraction of sp³-hybridized carbons (Fsp3) is 0.0345. The van der Waals surface area contributed by atoms with Crippen LogP contribution in [0.1, 0.15) is 5.56 Å². The summed E-state index contributed by atoms with van der Waals surface area (Å²) >= 11 is 2.31. The summed E-state index contributed by atoms with van der Waals surface area (Å²) in [6.07, 6.45) is 2.24. The molecule has 0 aliphatic rings. The summed E-state index contributed by atoms with van der Waals surface area (Å²) in [5.41, 5.74) is 1.02. The van der Waals surface area contributed by atoms with Gasteiger partial charge in [0.05, 0.1) is 0 Å². The van der Waals surface area contributed by atoms with Gasteiger partial charge in [-0.15, -0.1) is 6.42 Å². The van der Waals surface area contributed by atoms with E-state index < -0.39 is 7.49 Å². The maximum atomic E-state index is 11.5. The molecule has 4 aromatic rings. The van der Waals surface area contributed by atoms with Crippen molar-refractivity contribution in [2.24, 2.45) is 0 Å². The topological polar surface area (TPSA) is 106 Å². The molecule has 0 bridgehead atoms. The third-order valence-corrected chi connectivity index (χ3v) is 7.65. The van der Waals surface area contributed by atoms with Crippen LogP contribution in [0.2, 0.25) is 0 Å². The Morgan fingerprint density at radius 3 is 1.03 bits per heavy atom. The molecule has 4 rings (SSSR count). The first-order valence-electron chi connectivity index (χ1n) is 10.4. The van der Waals surface area contributed by atoms with E-state index in [-0.39, 0.29) is 0 Å². The molecule has 0 saturated heterocycles. The van der Waals surface area contributed by atoms with Gasteiger partial charge in [-0.2, -0.15) is 0 Å². The van der Waals surface area contributed by atoms with Crippen molar-refractivity contribution < 1.29 is 43.6 Å². The number of hydrogen-bond acceptors (Lipinski definition) is 6. The van der Waals surface area contributed by atoms with Crippen LogP contribution in [-0.4, -0.2) is 31.5 Å². The molecule has 0 unspecified atom stereocenters. The standard InChI is InChI=1S/C18H16OP.C8H7O.3CH2O.Co.O/c19-20(16-10-4-1-5-11-16,17-12-6-2-7-13-17)18-14-8-3-9-15-18;9-7-6-8-4-2-1-3-5-8;3*1-2;;/h1-15,19H;1-5H,6H2;3*1H2;;/q+1;-1;;;;;. The molecule has 0 aliphatic heterocycles. The Kier molecular flexibility index (Phi) is 22.9. The van der Waals surface area contributed by atoms with Gasteiger partial charge < -0.3 is 19.2 Å². The summed E-state index contributed by atoms with van der Waals surface area (Å²) in [7, 11) is -2.53. The van der Waals surface area contributed by atoms with Gasteiger partial charge in [-0.25, -0.2) is 4.89 Å². The molecule has 0 heterocycles. The van der Waals surface area contributed by atoms with E-state index in [1.165, 1.54) is 0 Å². The summed E-state index contributed by atoms with van der Waals surface area (Å²) in [4.78, 5) is 45.4. The molecule has 6 nitrogen and oxygen atoms in total. The predicted octanol–water partition coefficient (Wildman–Crippen LogP) is 3.55. The van der Waals surface area contributed by atoms with E-state index in [4.69, 9.17) is 18.2 Å². The number of rotatable bonds is 5. The first-order chi connectivity index (χ1) is 18.2. The minimum atomic E-state index is -2.53. The van der Waals surface area contributed by atoms with E-state index >= 15 is 0 Å². The molecule has 37 heavy (non-hydrogen) atoms. The third-order valence-electron chi connectivity index (χ3n) is 4.51. The molecule has 0 aromatic heterocycles. The van der Waals surface area contributed by atoms with E-state index in [0.717, 1.165) is 21.5 Å². The zero-order valence-electron chi connectivity index (χ0n) is 20.1. The van der Waals surface area contributed by atoms with Crippen molar-refractivity contribution in [3.63, 3.8) is 0 Å². The SMILES string of the molecule is C=O.C=O.C=O.O=[C-]Cc1ccccc1.O[P+](c1ccccc1)(c1ccccc1)c1ccccc1.[O]=[Co]. The Balaban J connectivity index is 0. The van der Waals surface area contributed by atoms with Gasteiger partial charge in [-0.1, -0.05) is 90.5 Å². The van der Waals surface area contributed by atoms with Crippen molar-refractivity contribution in [2.45, 2.75) is 6.42 Å². The van der Waals surface area contributed by atoms with Crippen LogP contribution in [0.3, 0.4) is 0 Å². The van der Waals surface area contributed by atoms with Crippen LogP contribution in [0.5, 0.6) is 0 Å². The van der Waals surface area contributed by atoms with Gasteiger partial charge in [-0.05, 0) is 36.4 Å². The number of carbonyl (C=O) groups is 3. The van der Waals surface area contributed by atoms with E-state index in [0.29, 0.717) is 6.42 Å². The molecule has 0 atom stereocenters. The molecule has 0 saturated carbocycles. The van der Waals surface area contributed by atoms with Crippen LogP contribution in [0, 0.1) is 0 Å². The second-order valence-corrected chi connectivity index (χ2v) is 9.27. The van der Waals surface area contributed by atoms with E-state index in [1.54, 1.807) is 0 Å². The second-order valence-electron chi connectivity index (χ2n) is 6.45. The van der Waals surface area contributed by atoms with E-state index in [1.807, 2.05) is 148 Å². The van der Waals surface area contributed by atoms with Gasteiger partial charge in [0.15, 0.2) is 0 Å². The van der Waals surface area contributed by atoms with Crippen LogP contribution in [0.25, 0.3) is 0 Å². The van der Waals surface area contributed by atoms with Crippen molar-refractivity contribution in [3.05, 3.63) is 127 Å². The van der Waals surface area contributed by atoms with Crippen LogP contribution < -0.4 is 15.9 Å². The van der Waals surface area contributed by atoms with Crippen molar-refractivity contribution in [1.29, 1.82) is 0 Å². The fourth-order valence-electron chi connectivity index (χ4n) is 3.06. The second kappa shape index (κ2) is 24.0. The normalized spacial score (nSPS) is 8.70. The van der Waals surface area contributed by atoms with Crippen molar-refractivity contribution in [1.82, 2.24) is 0 Å². The van der Waals surface area contributed by atoms with Gasteiger partial charge >= 0.3 is 19.5 Å². The average Bonchev–Trinajstić information content (AvgIpc) is 3.03. The molecule has 4 aromatic carbocycles. The van der Waals surface area contributed by atoms with Crippen LogP contribution in [-0.2, 0) is 45.1 Å². The van der Waals surface area contributed by atoms with Gasteiger partial charge in [0.2, 0.25) is 7.49 Å². The number of carbonyl (C=O) groups excluding carboxylic acids is 4. The molecular weight excluding hydrogens is 534 g/mol. The summed E-state index contributed by atoms with van der Waals surface area (Å²) in [5.74, 6) is 0. The van der Waals surface area contributed by atoms with Crippen molar-refractivity contribution in [2.75, 3.05) is 0 Å². The number of benzene rings is 4. The van der Waals surface area contributed by atoms with Gasteiger partial charge in [0, 0.05) is 0 Å². The monoisotopic (exact) mass is 563 g/mol. The zero-order valence-corrected chi connectivity index (χ0v) is 22.1. The Labute approximate surface area is 226 Å². The Bertz CT molecular complexity index is 966. The molecule has 8 heteroatoms. The Hall–Kier alpha value is -3.74.